The molecule has 0 amide bonds. The lowest BCUT2D eigenvalue weighted by Gasteiger charge is -2.29. The fourth-order valence-electron chi connectivity index (χ4n) is 2.05. The fraction of sp³-hybridized carbons (Fsp3) is 0.889. The quantitative estimate of drug-likeness (QED) is 0.543. The summed E-state index contributed by atoms with van der Waals surface area (Å²) in [6.45, 7) is 2.79. The summed E-state index contributed by atoms with van der Waals surface area (Å²) < 4.78 is 4.94. The van der Waals surface area contributed by atoms with E-state index in [1.54, 1.807) is 0 Å². The molecular weight excluding hydrogens is 154 g/mol. The third-order valence-electron chi connectivity index (χ3n) is 2.74. The van der Waals surface area contributed by atoms with E-state index in [-0.39, 0.29) is 12.0 Å². The zero-order valence-corrected chi connectivity index (χ0v) is 7.29. The van der Waals surface area contributed by atoms with Gasteiger partial charge < -0.3 is 4.74 Å². The van der Waals surface area contributed by atoms with Crippen LogP contribution in [0.4, 0.5) is 0 Å². The average Bonchev–Trinajstić information content (AvgIpc) is 2.53. The third-order valence-corrected chi connectivity index (χ3v) is 2.74. The molecular formula is C9H15NO2. The van der Waals surface area contributed by atoms with Gasteiger partial charge in [-0.1, -0.05) is 6.42 Å². The van der Waals surface area contributed by atoms with E-state index < -0.39 is 0 Å². The van der Waals surface area contributed by atoms with Gasteiger partial charge >= 0.3 is 5.97 Å². The van der Waals surface area contributed by atoms with Gasteiger partial charge in [-0.15, -0.1) is 0 Å². The lowest BCUT2D eigenvalue weighted by Crippen LogP contribution is -2.41. The maximum absolute atomic E-state index is 11.2. The summed E-state index contributed by atoms with van der Waals surface area (Å²) in [6.07, 6.45) is 4.70. The van der Waals surface area contributed by atoms with Gasteiger partial charge in [0, 0.05) is 6.42 Å². The Morgan fingerprint density at radius 2 is 2.00 bits per heavy atom. The monoisotopic (exact) mass is 169 g/mol. The number of ether oxygens (including phenoxy) is 1. The first-order chi connectivity index (χ1) is 5.88. The molecule has 0 aromatic carbocycles. The maximum Gasteiger partial charge on any atom is 0.323 e. The highest BCUT2D eigenvalue weighted by atomic mass is 16.5. The van der Waals surface area contributed by atoms with E-state index in [0.717, 1.165) is 19.5 Å². The van der Waals surface area contributed by atoms with Gasteiger partial charge in [0.05, 0.1) is 6.61 Å². The van der Waals surface area contributed by atoms with Crippen molar-refractivity contribution in [3.8, 4) is 0 Å². The van der Waals surface area contributed by atoms with E-state index in [2.05, 4.69) is 4.90 Å². The van der Waals surface area contributed by atoms with Crippen molar-refractivity contribution in [1.29, 1.82) is 0 Å². The standard InChI is InChI=1S/C9H15NO2/c11-9-8(4-7-12-9)10-5-2-1-3-6-10/h8H,1-7H2/t8-/m1/s1. The molecule has 2 aliphatic heterocycles. The molecule has 2 rings (SSSR count). The summed E-state index contributed by atoms with van der Waals surface area (Å²) in [6, 6.07) is 0.0882. The first-order valence-electron chi connectivity index (χ1n) is 4.78. The van der Waals surface area contributed by atoms with Crippen LogP contribution in [0.15, 0.2) is 0 Å². The Morgan fingerprint density at radius 1 is 1.25 bits per heavy atom. The van der Waals surface area contributed by atoms with Crippen molar-refractivity contribution in [3.63, 3.8) is 0 Å². The number of likely N-dealkylation sites (tertiary alicyclic amines) is 1. The first kappa shape index (κ1) is 8.05. The predicted molar refractivity (Wildman–Crippen MR) is 44.8 cm³/mol. The number of rotatable bonds is 1. The Hall–Kier alpha value is -0.570. The molecule has 12 heavy (non-hydrogen) atoms. The van der Waals surface area contributed by atoms with E-state index in [1.807, 2.05) is 0 Å². The van der Waals surface area contributed by atoms with Crippen LogP contribution in [0.2, 0.25) is 0 Å². The van der Waals surface area contributed by atoms with Crippen molar-refractivity contribution >= 4 is 5.97 Å². The highest BCUT2D eigenvalue weighted by Crippen LogP contribution is 2.18. The van der Waals surface area contributed by atoms with Gasteiger partial charge in [0.2, 0.25) is 0 Å². The summed E-state index contributed by atoms with van der Waals surface area (Å²) in [4.78, 5) is 13.5. The van der Waals surface area contributed by atoms with Gasteiger partial charge in [-0.3, -0.25) is 9.69 Å². The van der Waals surface area contributed by atoms with Crippen LogP contribution in [-0.2, 0) is 9.53 Å². The number of cyclic esters (lactones) is 1. The second-order valence-corrected chi connectivity index (χ2v) is 3.57. The molecule has 0 aromatic heterocycles. The van der Waals surface area contributed by atoms with Crippen molar-refractivity contribution in [2.45, 2.75) is 31.7 Å². The topological polar surface area (TPSA) is 29.5 Å². The highest BCUT2D eigenvalue weighted by molar-refractivity contribution is 5.77. The van der Waals surface area contributed by atoms with E-state index >= 15 is 0 Å². The number of esters is 1. The minimum absolute atomic E-state index is 0.00287. The largest absolute Gasteiger partial charge is 0.464 e. The SMILES string of the molecule is O=C1OCC[C@H]1N1CCCCC1. The van der Waals surface area contributed by atoms with Gasteiger partial charge in [0.1, 0.15) is 6.04 Å². The Balaban J connectivity index is 1.93. The molecule has 0 spiro atoms. The van der Waals surface area contributed by atoms with Crippen LogP contribution in [0.5, 0.6) is 0 Å². The molecule has 2 saturated heterocycles. The van der Waals surface area contributed by atoms with E-state index in [0.29, 0.717) is 6.61 Å². The second-order valence-electron chi connectivity index (χ2n) is 3.57. The van der Waals surface area contributed by atoms with Crippen LogP contribution in [0.1, 0.15) is 25.7 Å². The van der Waals surface area contributed by atoms with Crippen LogP contribution >= 0.6 is 0 Å². The maximum atomic E-state index is 11.2. The van der Waals surface area contributed by atoms with E-state index in [4.69, 9.17) is 4.74 Å². The van der Waals surface area contributed by atoms with Crippen molar-refractivity contribution in [3.05, 3.63) is 0 Å². The molecule has 3 nitrogen and oxygen atoms in total. The Morgan fingerprint density at radius 3 is 2.58 bits per heavy atom. The molecule has 0 bridgehead atoms. The van der Waals surface area contributed by atoms with Crippen LogP contribution < -0.4 is 0 Å². The van der Waals surface area contributed by atoms with Crippen molar-refractivity contribution < 1.29 is 9.53 Å². The fourth-order valence-corrected chi connectivity index (χ4v) is 2.05. The van der Waals surface area contributed by atoms with Crippen molar-refractivity contribution in [1.82, 2.24) is 4.90 Å². The molecule has 2 aliphatic rings. The molecule has 0 radical (unpaired) electrons. The van der Waals surface area contributed by atoms with Crippen LogP contribution in [0.25, 0.3) is 0 Å². The number of carbonyl (C=O) groups excluding carboxylic acids is 1. The van der Waals surface area contributed by atoms with Gasteiger partial charge in [0.25, 0.3) is 0 Å². The molecule has 0 aromatic rings. The van der Waals surface area contributed by atoms with E-state index in [1.165, 1.54) is 19.3 Å². The number of piperidine rings is 1. The number of carbonyl (C=O) groups is 1. The molecule has 0 saturated carbocycles. The van der Waals surface area contributed by atoms with Crippen molar-refractivity contribution in [2.24, 2.45) is 0 Å². The molecule has 0 unspecified atom stereocenters. The van der Waals surface area contributed by atoms with Crippen LogP contribution in [0, 0.1) is 0 Å². The summed E-state index contributed by atoms with van der Waals surface area (Å²) in [5, 5.41) is 0. The second kappa shape index (κ2) is 3.44. The average molecular weight is 169 g/mol. The van der Waals surface area contributed by atoms with Crippen LogP contribution in [-0.4, -0.2) is 36.6 Å². The number of hydrogen-bond donors (Lipinski definition) is 0. The summed E-state index contributed by atoms with van der Waals surface area (Å²) >= 11 is 0. The summed E-state index contributed by atoms with van der Waals surface area (Å²) in [5.41, 5.74) is 0. The lowest BCUT2D eigenvalue weighted by atomic mass is 10.1. The van der Waals surface area contributed by atoms with Gasteiger partial charge in [-0.05, 0) is 25.9 Å². The predicted octanol–water partition coefficient (Wildman–Crippen LogP) is 0.788. The highest BCUT2D eigenvalue weighted by Gasteiger charge is 2.32. The van der Waals surface area contributed by atoms with Crippen LogP contribution in [0.3, 0.4) is 0 Å². The molecule has 0 N–H and O–H groups in total. The normalized spacial score (nSPS) is 32.0. The van der Waals surface area contributed by atoms with E-state index in [9.17, 15) is 4.79 Å². The number of nitrogens with zero attached hydrogens (tertiary/aromatic N) is 1. The Labute approximate surface area is 72.7 Å². The number of hydrogen-bond acceptors (Lipinski definition) is 3. The molecule has 68 valence electrons. The molecule has 2 heterocycles. The zero-order chi connectivity index (χ0) is 8.39. The third kappa shape index (κ3) is 1.46. The van der Waals surface area contributed by atoms with Gasteiger partial charge in [0.15, 0.2) is 0 Å². The molecule has 3 heteroatoms. The molecule has 1 atom stereocenters. The molecule has 2 fully saturated rings. The first-order valence-corrected chi connectivity index (χ1v) is 4.78. The Bertz CT molecular complexity index is 175. The summed E-state index contributed by atoms with van der Waals surface area (Å²) in [5.74, 6) is -0.00287. The summed E-state index contributed by atoms with van der Waals surface area (Å²) in [7, 11) is 0. The lowest BCUT2D eigenvalue weighted by molar-refractivity contribution is -0.142. The molecule has 0 aliphatic carbocycles. The minimum Gasteiger partial charge on any atom is -0.464 e. The smallest absolute Gasteiger partial charge is 0.323 e. The zero-order valence-electron chi connectivity index (χ0n) is 7.29. The Kier molecular flexibility index (Phi) is 2.30. The van der Waals surface area contributed by atoms with Gasteiger partial charge in [-0.25, -0.2) is 0 Å². The minimum atomic E-state index is -0.00287. The van der Waals surface area contributed by atoms with Gasteiger partial charge in [-0.2, -0.15) is 0 Å². The van der Waals surface area contributed by atoms with Crippen molar-refractivity contribution in [2.75, 3.05) is 19.7 Å².